The third kappa shape index (κ3) is 12.1. The minimum atomic E-state index is -4.79. The summed E-state index contributed by atoms with van der Waals surface area (Å²) in [5.41, 5.74) is -3.00. The minimum Gasteiger partial charge on any atom is -0.444 e. The summed E-state index contributed by atoms with van der Waals surface area (Å²) < 4.78 is 65.1. The number of nitrogens with zero attached hydrogens (tertiary/aromatic N) is 1. The molecule has 0 aromatic heterocycles. The second-order valence-corrected chi connectivity index (χ2v) is 12.5. The van der Waals surface area contributed by atoms with Gasteiger partial charge in [-0.15, -0.1) is 0 Å². The zero-order valence-electron chi connectivity index (χ0n) is 28.0. The fraction of sp³-hybridized carbons (Fsp3) is 0.412. The number of Topliss-reactive ketones (excluding diaryl/α,β-unsaturated/α-hetero) is 1. The highest BCUT2D eigenvalue weighted by molar-refractivity contribution is 5.94. The average molecular weight is 679 g/mol. The maximum Gasteiger partial charge on any atom is 0.416 e. The summed E-state index contributed by atoms with van der Waals surface area (Å²) in [5, 5.41) is 7.62. The van der Waals surface area contributed by atoms with Crippen molar-refractivity contribution in [3.63, 3.8) is 0 Å². The fourth-order valence-corrected chi connectivity index (χ4v) is 4.29. The summed E-state index contributed by atoms with van der Waals surface area (Å²) >= 11 is 0. The van der Waals surface area contributed by atoms with Crippen LogP contribution in [-0.2, 0) is 36.6 Å². The first-order valence-electron chi connectivity index (χ1n) is 14.8. The molecular weight excluding hydrogens is 636 g/mol. The van der Waals surface area contributed by atoms with E-state index in [-0.39, 0.29) is 24.5 Å². The minimum absolute atomic E-state index is 0.104. The van der Waals surface area contributed by atoms with Crippen molar-refractivity contribution in [2.75, 3.05) is 6.61 Å². The first kappa shape index (κ1) is 39.5. The smallest absolute Gasteiger partial charge is 0.416 e. The van der Waals surface area contributed by atoms with Gasteiger partial charge in [-0.05, 0) is 72.4 Å². The van der Waals surface area contributed by atoms with E-state index in [1.54, 1.807) is 32.9 Å². The third-order valence-corrected chi connectivity index (χ3v) is 6.58. The van der Waals surface area contributed by atoms with Gasteiger partial charge in [-0.3, -0.25) is 14.4 Å². The Balaban J connectivity index is 2.31. The predicted molar refractivity (Wildman–Crippen MR) is 170 cm³/mol. The summed E-state index contributed by atoms with van der Waals surface area (Å²) in [6.45, 7) is 13.8. The molecule has 14 heteroatoms. The molecule has 2 atom stereocenters. The monoisotopic (exact) mass is 678 g/mol. The number of alkyl carbamates (subject to hydrolysis) is 1. The molecule has 2 unspecified atom stereocenters. The van der Waals surface area contributed by atoms with Gasteiger partial charge in [0.1, 0.15) is 29.0 Å². The molecule has 10 nitrogen and oxygen atoms in total. The molecule has 0 heterocycles. The average Bonchev–Trinajstić information content (AvgIpc) is 2.95. The molecule has 0 aliphatic heterocycles. The van der Waals surface area contributed by atoms with Crippen LogP contribution in [0.2, 0.25) is 0 Å². The van der Waals surface area contributed by atoms with Gasteiger partial charge in [0.25, 0.3) is 0 Å². The maximum absolute atomic E-state index is 14.9. The highest BCUT2D eigenvalue weighted by atomic mass is 19.4. The van der Waals surface area contributed by atoms with E-state index in [9.17, 15) is 36.7 Å². The Morgan fingerprint density at radius 2 is 1.60 bits per heavy atom. The Morgan fingerprint density at radius 1 is 0.979 bits per heavy atom. The summed E-state index contributed by atoms with van der Waals surface area (Å²) in [4.78, 5) is 52.8. The van der Waals surface area contributed by atoms with E-state index < -0.39 is 64.5 Å². The van der Waals surface area contributed by atoms with Crippen LogP contribution in [0.15, 0.2) is 73.2 Å². The van der Waals surface area contributed by atoms with Gasteiger partial charge in [0.15, 0.2) is 5.78 Å². The van der Waals surface area contributed by atoms with Crippen LogP contribution in [0.3, 0.4) is 0 Å². The van der Waals surface area contributed by atoms with Gasteiger partial charge in [-0.1, -0.05) is 43.0 Å². The van der Waals surface area contributed by atoms with E-state index >= 15 is 0 Å². The molecule has 0 fully saturated rings. The van der Waals surface area contributed by atoms with Crippen molar-refractivity contribution in [2.24, 2.45) is 0 Å². The summed E-state index contributed by atoms with van der Waals surface area (Å²) in [6.07, 6.45) is -3.25. The molecule has 0 saturated carbocycles. The van der Waals surface area contributed by atoms with E-state index in [2.05, 4.69) is 22.5 Å². The van der Waals surface area contributed by atoms with Gasteiger partial charge in [0.05, 0.1) is 18.8 Å². The van der Waals surface area contributed by atoms with E-state index in [4.69, 9.17) is 9.47 Å². The van der Waals surface area contributed by atoms with Gasteiger partial charge in [0, 0.05) is 17.5 Å². The molecule has 0 bridgehead atoms. The molecule has 0 radical (unpaired) electrons. The molecule has 2 rings (SSSR count). The lowest BCUT2D eigenvalue weighted by atomic mass is 9.99. The van der Waals surface area contributed by atoms with E-state index in [0.717, 1.165) is 29.7 Å². The number of halogens is 4. The number of carbonyl (C=O) groups is 4. The normalized spacial score (nSPS) is 13.5. The lowest BCUT2D eigenvalue weighted by Gasteiger charge is -2.30. The molecule has 0 aliphatic carbocycles. The van der Waals surface area contributed by atoms with Crippen LogP contribution in [-0.4, -0.2) is 52.4 Å². The van der Waals surface area contributed by atoms with E-state index in [1.807, 2.05) is 18.2 Å². The number of nitrogens with one attached hydrogen (secondary N) is 3. The fourth-order valence-electron chi connectivity index (χ4n) is 4.29. The number of hydrogen-bond acceptors (Lipinski definition) is 7. The highest BCUT2D eigenvalue weighted by Gasteiger charge is 2.35. The molecular formula is C34H42F4N4O6. The number of rotatable bonds is 14. The lowest BCUT2D eigenvalue weighted by molar-refractivity contribution is -0.137. The Kier molecular flexibility index (Phi) is 13.5. The predicted octanol–water partition coefficient (Wildman–Crippen LogP) is 5.90. The first-order chi connectivity index (χ1) is 22.1. The largest absolute Gasteiger partial charge is 0.444 e. The molecule has 2 aromatic carbocycles. The van der Waals surface area contributed by atoms with Crippen molar-refractivity contribution in [1.29, 1.82) is 0 Å². The van der Waals surface area contributed by atoms with Crippen molar-refractivity contribution in [1.82, 2.24) is 20.9 Å². The van der Waals surface area contributed by atoms with Crippen molar-refractivity contribution < 1.29 is 46.2 Å². The molecule has 2 aromatic rings. The van der Waals surface area contributed by atoms with E-state index in [0.29, 0.717) is 12.1 Å². The van der Waals surface area contributed by atoms with Crippen molar-refractivity contribution in [2.45, 2.75) is 84.5 Å². The Morgan fingerprint density at radius 3 is 2.12 bits per heavy atom. The van der Waals surface area contributed by atoms with Gasteiger partial charge in [0.2, 0.25) is 11.8 Å². The zero-order valence-corrected chi connectivity index (χ0v) is 28.0. The molecule has 48 heavy (non-hydrogen) atoms. The van der Waals surface area contributed by atoms with Crippen LogP contribution in [0.4, 0.5) is 22.4 Å². The summed E-state index contributed by atoms with van der Waals surface area (Å²) in [6, 6.07) is 8.17. The Hall–Kier alpha value is -4.72. The molecule has 0 aliphatic rings. The zero-order chi connectivity index (χ0) is 36.4. The number of benzene rings is 2. The number of allylic oxidation sites excluding steroid dienone is 1. The van der Waals surface area contributed by atoms with Crippen LogP contribution in [0.1, 0.15) is 71.2 Å². The van der Waals surface area contributed by atoms with Crippen LogP contribution < -0.4 is 16.0 Å². The van der Waals surface area contributed by atoms with Crippen LogP contribution >= 0.6 is 0 Å². The molecule has 0 saturated heterocycles. The number of amides is 3. The standard InChI is InChI=1S/C34H42F4N4O6/c1-9-42(28(22(3)43)25-16-15-24(17-26(25)35)34(36,37)38)18-21(2)39-29(44)27(20-47-19-23-13-11-10-12-14-23)40-30(45)33(7,8)41-31(46)48-32(4,5)6/h9-18,27-28H,1,19-20H2,2-8H3,(H,39,44)(H,40,45)(H,41,46)/b21-18+. The van der Waals surface area contributed by atoms with E-state index in [1.165, 1.54) is 27.0 Å². The number of hydrogen-bond donors (Lipinski definition) is 3. The second kappa shape index (κ2) is 16.4. The van der Waals surface area contributed by atoms with Crippen molar-refractivity contribution >= 4 is 23.7 Å². The lowest BCUT2D eigenvalue weighted by Crippen LogP contribution is -2.60. The third-order valence-electron chi connectivity index (χ3n) is 6.58. The SMILES string of the molecule is C=CN(/C=C(\C)NC(=O)C(COCc1ccccc1)NC(=O)C(C)(C)NC(=O)OC(C)(C)C)C(C(C)=O)c1ccc(C(F)(F)F)cc1F. The van der Waals surface area contributed by atoms with Crippen LogP contribution in [0.5, 0.6) is 0 Å². The summed E-state index contributed by atoms with van der Waals surface area (Å²) in [7, 11) is 0. The number of carbonyl (C=O) groups excluding carboxylic acids is 4. The van der Waals surface area contributed by atoms with Crippen molar-refractivity contribution in [3.05, 3.63) is 95.7 Å². The molecule has 3 N–H and O–H groups in total. The number of ether oxygens (including phenoxy) is 2. The van der Waals surface area contributed by atoms with Gasteiger partial charge >= 0.3 is 12.3 Å². The Labute approximate surface area is 277 Å². The van der Waals surface area contributed by atoms with Crippen LogP contribution in [0.25, 0.3) is 0 Å². The van der Waals surface area contributed by atoms with Gasteiger partial charge in [-0.2, -0.15) is 13.2 Å². The van der Waals surface area contributed by atoms with Gasteiger partial charge < -0.3 is 30.3 Å². The quantitative estimate of drug-likeness (QED) is 0.213. The topological polar surface area (TPSA) is 126 Å². The number of alkyl halides is 3. The highest BCUT2D eigenvalue weighted by Crippen LogP contribution is 2.33. The maximum atomic E-state index is 14.9. The Bertz CT molecular complexity index is 1500. The summed E-state index contributed by atoms with van der Waals surface area (Å²) in [5.74, 6) is -3.36. The number of ketones is 1. The van der Waals surface area contributed by atoms with Gasteiger partial charge in [-0.25, -0.2) is 9.18 Å². The van der Waals surface area contributed by atoms with Crippen molar-refractivity contribution in [3.8, 4) is 0 Å². The second-order valence-electron chi connectivity index (χ2n) is 12.5. The molecule has 0 spiro atoms. The first-order valence-corrected chi connectivity index (χ1v) is 14.8. The van der Waals surface area contributed by atoms with Crippen LogP contribution in [0, 0.1) is 5.82 Å². The molecule has 3 amide bonds. The molecule has 262 valence electrons.